The second kappa shape index (κ2) is 6.63. The van der Waals surface area contributed by atoms with Crippen LogP contribution in [0.25, 0.3) is 0 Å². The van der Waals surface area contributed by atoms with E-state index in [0.717, 1.165) is 25.4 Å². The molecule has 0 radical (unpaired) electrons. The molecule has 1 fully saturated rings. The lowest BCUT2D eigenvalue weighted by Crippen LogP contribution is -2.26. The van der Waals surface area contributed by atoms with E-state index in [1.165, 1.54) is 38.6 Å². The Labute approximate surface area is 97.4 Å². The van der Waals surface area contributed by atoms with Gasteiger partial charge >= 0.3 is 0 Å². The molecule has 1 aromatic rings. The molecule has 0 spiro atoms. The van der Waals surface area contributed by atoms with Crippen molar-refractivity contribution in [2.24, 2.45) is 5.92 Å². The molecule has 0 atom stereocenters. The number of nitrogens with one attached hydrogen (secondary N) is 1. The highest BCUT2D eigenvalue weighted by Crippen LogP contribution is 2.22. The van der Waals surface area contributed by atoms with Crippen LogP contribution in [0, 0.1) is 5.92 Å². The molecule has 0 aromatic carbocycles. The lowest BCUT2D eigenvalue weighted by atomic mass is 9.89. The van der Waals surface area contributed by atoms with E-state index in [2.05, 4.69) is 15.6 Å². The van der Waals surface area contributed by atoms with E-state index in [4.69, 9.17) is 0 Å². The SMILES string of the molecule is c1cn(CCCNCC2CCCCC2)nn1. The van der Waals surface area contributed by atoms with Gasteiger partial charge in [-0.15, -0.1) is 5.10 Å². The molecular weight excluding hydrogens is 200 g/mol. The van der Waals surface area contributed by atoms with Gasteiger partial charge in [0.1, 0.15) is 0 Å². The number of aryl methyl sites for hydroxylation is 1. The zero-order chi connectivity index (χ0) is 11.1. The Morgan fingerprint density at radius 3 is 2.88 bits per heavy atom. The van der Waals surface area contributed by atoms with Gasteiger partial charge in [-0.3, -0.25) is 4.68 Å². The van der Waals surface area contributed by atoms with E-state index >= 15 is 0 Å². The van der Waals surface area contributed by atoms with Crippen LogP contribution in [0.2, 0.25) is 0 Å². The normalized spacial score (nSPS) is 17.8. The molecule has 0 aliphatic heterocycles. The van der Waals surface area contributed by atoms with E-state index in [1.54, 1.807) is 6.20 Å². The van der Waals surface area contributed by atoms with Crippen LogP contribution in [0.4, 0.5) is 0 Å². The maximum Gasteiger partial charge on any atom is 0.0692 e. The molecule has 1 aliphatic rings. The maximum atomic E-state index is 3.94. The largest absolute Gasteiger partial charge is 0.316 e. The number of hydrogen-bond donors (Lipinski definition) is 1. The van der Waals surface area contributed by atoms with Crippen molar-refractivity contribution < 1.29 is 0 Å². The molecular formula is C12H22N4. The van der Waals surface area contributed by atoms with Crippen molar-refractivity contribution in [1.82, 2.24) is 20.3 Å². The summed E-state index contributed by atoms with van der Waals surface area (Å²) in [5.41, 5.74) is 0. The zero-order valence-corrected chi connectivity index (χ0v) is 9.94. The van der Waals surface area contributed by atoms with E-state index in [0.29, 0.717) is 0 Å². The molecule has 1 N–H and O–H groups in total. The molecule has 0 unspecified atom stereocenters. The van der Waals surface area contributed by atoms with Gasteiger partial charge in [0.25, 0.3) is 0 Å². The first kappa shape index (κ1) is 11.6. The summed E-state index contributed by atoms with van der Waals surface area (Å²) >= 11 is 0. The lowest BCUT2D eigenvalue weighted by molar-refractivity contribution is 0.340. The van der Waals surface area contributed by atoms with Crippen LogP contribution in [0.1, 0.15) is 38.5 Å². The highest BCUT2D eigenvalue weighted by molar-refractivity contribution is 4.68. The Kier molecular flexibility index (Phi) is 4.80. The van der Waals surface area contributed by atoms with E-state index in [1.807, 2.05) is 10.9 Å². The third kappa shape index (κ3) is 3.93. The van der Waals surface area contributed by atoms with Crippen molar-refractivity contribution in [2.75, 3.05) is 13.1 Å². The van der Waals surface area contributed by atoms with Crippen LogP contribution in [-0.2, 0) is 6.54 Å². The molecule has 1 saturated carbocycles. The van der Waals surface area contributed by atoms with Gasteiger partial charge in [-0.2, -0.15) is 0 Å². The van der Waals surface area contributed by atoms with Crippen molar-refractivity contribution in [3.05, 3.63) is 12.4 Å². The van der Waals surface area contributed by atoms with Gasteiger partial charge in [-0.05, 0) is 38.3 Å². The van der Waals surface area contributed by atoms with Gasteiger partial charge in [0.15, 0.2) is 0 Å². The molecule has 1 aliphatic carbocycles. The minimum absolute atomic E-state index is 0.931. The first-order valence-electron chi connectivity index (χ1n) is 6.50. The Morgan fingerprint density at radius 2 is 2.12 bits per heavy atom. The van der Waals surface area contributed by atoms with Gasteiger partial charge in [0, 0.05) is 12.7 Å². The average Bonchev–Trinajstić information content (AvgIpc) is 2.83. The average molecular weight is 222 g/mol. The van der Waals surface area contributed by atoms with Gasteiger partial charge in [0.05, 0.1) is 6.20 Å². The Bertz CT molecular complexity index is 265. The molecule has 0 bridgehead atoms. The third-order valence-corrected chi connectivity index (χ3v) is 3.37. The topological polar surface area (TPSA) is 42.7 Å². The van der Waals surface area contributed by atoms with Gasteiger partial charge in [-0.1, -0.05) is 24.5 Å². The van der Waals surface area contributed by atoms with Crippen LogP contribution < -0.4 is 5.32 Å². The van der Waals surface area contributed by atoms with Crippen molar-refractivity contribution in [2.45, 2.75) is 45.1 Å². The minimum Gasteiger partial charge on any atom is -0.316 e. The maximum absolute atomic E-state index is 3.94. The molecule has 1 aromatic heterocycles. The fraction of sp³-hybridized carbons (Fsp3) is 0.833. The molecule has 4 nitrogen and oxygen atoms in total. The molecule has 0 saturated heterocycles. The molecule has 16 heavy (non-hydrogen) atoms. The summed E-state index contributed by atoms with van der Waals surface area (Å²) in [4.78, 5) is 0. The summed E-state index contributed by atoms with van der Waals surface area (Å²) in [6.07, 6.45) is 12.0. The molecule has 90 valence electrons. The lowest BCUT2D eigenvalue weighted by Gasteiger charge is -2.21. The number of rotatable bonds is 6. The predicted molar refractivity (Wildman–Crippen MR) is 64.1 cm³/mol. The monoisotopic (exact) mass is 222 g/mol. The van der Waals surface area contributed by atoms with Gasteiger partial charge < -0.3 is 5.32 Å². The summed E-state index contributed by atoms with van der Waals surface area (Å²) in [5.74, 6) is 0.931. The third-order valence-electron chi connectivity index (χ3n) is 3.37. The van der Waals surface area contributed by atoms with E-state index in [9.17, 15) is 0 Å². The standard InChI is InChI=1S/C12H22N4/c1-2-5-12(6-3-1)11-13-7-4-9-16-10-8-14-15-16/h8,10,12-13H,1-7,9,11H2. The summed E-state index contributed by atoms with van der Waals surface area (Å²) in [5, 5.41) is 11.3. The molecule has 0 amide bonds. The van der Waals surface area contributed by atoms with E-state index in [-0.39, 0.29) is 0 Å². The fourth-order valence-electron chi connectivity index (χ4n) is 2.42. The molecule has 4 heteroatoms. The second-order valence-corrected chi connectivity index (χ2v) is 4.73. The second-order valence-electron chi connectivity index (χ2n) is 4.73. The summed E-state index contributed by atoms with van der Waals surface area (Å²) in [6.45, 7) is 3.27. The number of nitrogens with zero attached hydrogens (tertiary/aromatic N) is 3. The number of hydrogen-bond acceptors (Lipinski definition) is 3. The molecule has 1 heterocycles. The van der Waals surface area contributed by atoms with Crippen molar-refractivity contribution in [3.8, 4) is 0 Å². The fourth-order valence-corrected chi connectivity index (χ4v) is 2.42. The number of aromatic nitrogens is 3. The molecule has 2 rings (SSSR count). The van der Waals surface area contributed by atoms with Crippen LogP contribution >= 0.6 is 0 Å². The highest BCUT2D eigenvalue weighted by Gasteiger charge is 2.12. The van der Waals surface area contributed by atoms with Crippen LogP contribution in [0.3, 0.4) is 0 Å². The van der Waals surface area contributed by atoms with Gasteiger partial charge in [-0.25, -0.2) is 0 Å². The van der Waals surface area contributed by atoms with E-state index < -0.39 is 0 Å². The summed E-state index contributed by atoms with van der Waals surface area (Å²) < 4.78 is 1.89. The van der Waals surface area contributed by atoms with Crippen LogP contribution in [0.5, 0.6) is 0 Å². The Balaban J connectivity index is 1.48. The summed E-state index contributed by atoms with van der Waals surface area (Å²) in [6, 6.07) is 0. The quantitative estimate of drug-likeness (QED) is 0.747. The van der Waals surface area contributed by atoms with Crippen molar-refractivity contribution in [1.29, 1.82) is 0 Å². The van der Waals surface area contributed by atoms with Crippen LogP contribution in [0.15, 0.2) is 12.4 Å². The van der Waals surface area contributed by atoms with Gasteiger partial charge in [0.2, 0.25) is 0 Å². The predicted octanol–water partition coefficient (Wildman–Crippen LogP) is 1.84. The first-order valence-corrected chi connectivity index (χ1v) is 6.50. The Hall–Kier alpha value is -0.900. The Morgan fingerprint density at radius 1 is 1.25 bits per heavy atom. The van der Waals surface area contributed by atoms with Crippen LogP contribution in [-0.4, -0.2) is 28.1 Å². The minimum atomic E-state index is 0.931. The zero-order valence-electron chi connectivity index (χ0n) is 9.94. The highest BCUT2D eigenvalue weighted by atomic mass is 15.4. The smallest absolute Gasteiger partial charge is 0.0692 e. The van der Waals surface area contributed by atoms with Crippen molar-refractivity contribution in [3.63, 3.8) is 0 Å². The van der Waals surface area contributed by atoms with Crippen molar-refractivity contribution >= 4 is 0 Å². The summed E-state index contributed by atoms with van der Waals surface area (Å²) in [7, 11) is 0. The first-order chi connectivity index (χ1) is 7.95.